The smallest absolute Gasteiger partial charge is 0.493 e. The minimum atomic E-state index is -5.35. The van der Waals surface area contributed by atoms with Gasteiger partial charge in [0.15, 0.2) is 39.7 Å². The summed E-state index contributed by atoms with van der Waals surface area (Å²) < 4.78 is 113. The Balaban J connectivity index is 2.54. The van der Waals surface area contributed by atoms with E-state index in [-0.39, 0.29) is 5.75 Å². The maximum absolute atomic E-state index is 13.7. The Morgan fingerprint density at radius 2 is 1.43 bits per heavy atom. The number of halogens is 5. The lowest BCUT2D eigenvalue weighted by Gasteiger charge is -2.14. The first-order chi connectivity index (χ1) is 12.8. The molecular formula is C13H9F5NO7PS. The van der Waals surface area contributed by atoms with Crippen molar-refractivity contribution in [1.82, 2.24) is 0 Å². The number of phosphoric acid groups is 1. The van der Waals surface area contributed by atoms with E-state index in [1.54, 1.807) is 0 Å². The number of hydrogen-bond acceptors (Lipinski definition) is 5. The van der Waals surface area contributed by atoms with Crippen molar-refractivity contribution in [2.45, 2.75) is 4.90 Å². The van der Waals surface area contributed by atoms with Gasteiger partial charge in [-0.3, -0.25) is 14.5 Å². The number of ether oxygens (including phenoxy) is 1. The van der Waals surface area contributed by atoms with Gasteiger partial charge >= 0.3 is 7.82 Å². The zero-order chi connectivity index (χ0) is 21.4. The van der Waals surface area contributed by atoms with Gasteiger partial charge in [-0.15, -0.1) is 0 Å². The van der Waals surface area contributed by atoms with Crippen molar-refractivity contribution in [3.8, 4) is 11.5 Å². The van der Waals surface area contributed by atoms with Crippen LogP contribution in [0, 0.1) is 29.1 Å². The number of hydrogen-bond donors (Lipinski definition) is 3. The van der Waals surface area contributed by atoms with Gasteiger partial charge in [-0.05, 0) is 12.1 Å². The summed E-state index contributed by atoms with van der Waals surface area (Å²) in [5.41, 5.74) is -0.590. The molecular weight excluding hydrogens is 440 g/mol. The van der Waals surface area contributed by atoms with Crippen LogP contribution in [0.25, 0.3) is 0 Å². The Labute approximate surface area is 153 Å². The predicted molar refractivity (Wildman–Crippen MR) is 82.7 cm³/mol. The van der Waals surface area contributed by atoms with Gasteiger partial charge in [-0.1, -0.05) is 0 Å². The van der Waals surface area contributed by atoms with Gasteiger partial charge in [-0.25, -0.2) is 34.9 Å². The first-order valence-corrected chi connectivity index (χ1v) is 9.77. The van der Waals surface area contributed by atoms with Crippen LogP contribution >= 0.6 is 7.82 Å². The standard InChI is InChI=1S/C13H9F5NO7PS/c1-25-6-3-2-5(4-7(6)26-27(20,21)22)19-28(23,24)13-11(17)9(15)8(14)10(16)12(13)18/h2-4,19H,1H3,(H2,20,21,22). The fourth-order valence-corrected chi connectivity index (χ4v) is 3.56. The van der Waals surface area contributed by atoms with E-state index in [2.05, 4.69) is 4.52 Å². The quantitative estimate of drug-likeness (QED) is 0.268. The van der Waals surface area contributed by atoms with Crippen LogP contribution in [-0.4, -0.2) is 25.3 Å². The molecule has 0 heterocycles. The van der Waals surface area contributed by atoms with E-state index >= 15 is 0 Å². The van der Waals surface area contributed by atoms with E-state index in [0.717, 1.165) is 19.2 Å². The molecule has 15 heteroatoms. The molecule has 0 aliphatic heterocycles. The number of methoxy groups -OCH3 is 1. The van der Waals surface area contributed by atoms with Gasteiger partial charge in [0.25, 0.3) is 10.0 Å². The van der Waals surface area contributed by atoms with Crippen LogP contribution in [0.3, 0.4) is 0 Å². The number of sulfonamides is 1. The summed E-state index contributed by atoms with van der Waals surface area (Å²) in [7, 11) is -9.38. The first-order valence-electron chi connectivity index (χ1n) is 6.76. The summed E-state index contributed by atoms with van der Waals surface area (Å²) in [6.07, 6.45) is 0. The van der Waals surface area contributed by atoms with Crippen molar-refractivity contribution in [1.29, 1.82) is 0 Å². The van der Waals surface area contributed by atoms with Gasteiger partial charge in [-0.2, -0.15) is 0 Å². The van der Waals surface area contributed by atoms with E-state index in [1.807, 2.05) is 0 Å². The molecule has 8 nitrogen and oxygen atoms in total. The third-order valence-electron chi connectivity index (χ3n) is 3.07. The van der Waals surface area contributed by atoms with Crippen LogP contribution in [0.1, 0.15) is 0 Å². The normalized spacial score (nSPS) is 12.0. The molecule has 0 aliphatic rings. The molecule has 28 heavy (non-hydrogen) atoms. The fraction of sp³-hybridized carbons (Fsp3) is 0.0769. The fourth-order valence-electron chi connectivity index (χ4n) is 1.97. The van der Waals surface area contributed by atoms with Crippen molar-refractivity contribution in [2.75, 3.05) is 11.8 Å². The Bertz CT molecular complexity index is 1060. The number of rotatable bonds is 6. The Kier molecular flexibility index (Phi) is 5.90. The van der Waals surface area contributed by atoms with E-state index in [9.17, 15) is 34.9 Å². The Morgan fingerprint density at radius 3 is 1.89 bits per heavy atom. The molecule has 0 atom stereocenters. The molecule has 2 rings (SSSR count). The van der Waals surface area contributed by atoms with E-state index in [0.29, 0.717) is 6.07 Å². The highest BCUT2D eigenvalue weighted by atomic mass is 32.2. The summed E-state index contributed by atoms with van der Waals surface area (Å²) in [4.78, 5) is 15.5. The topological polar surface area (TPSA) is 122 Å². The second-order valence-electron chi connectivity index (χ2n) is 4.95. The summed E-state index contributed by atoms with van der Waals surface area (Å²) >= 11 is 0. The van der Waals surface area contributed by atoms with Gasteiger partial charge in [0, 0.05) is 6.07 Å². The Hall–Kier alpha value is -2.41. The molecule has 0 radical (unpaired) electrons. The molecule has 0 unspecified atom stereocenters. The molecule has 0 saturated carbocycles. The maximum Gasteiger partial charge on any atom is 0.524 e. The van der Waals surface area contributed by atoms with Crippen LogP contribution in [0.2, 0.25) is 0 Å². The highest BCUT2D eigenvalue weighted by molar-refractivity contribution is 7.92. The molecule has 0 fully saturated rings. The van der Waals surface area contributed by atoms with Crippen LogP contribution in [0.5, 0.6) is 11.5 Å². The van der Waals surface area contributed by atoms with Crippen LogP contribution in [-0.2, 0) is 14.6 Å². The lowest BCUT2D eigenvalue weighted by molar-refractivity contribution is 0.276. The maximum atomic E-state index is 13.7. The predicted octanol–water partition coefficient (Wildman–Crippen LogP) is 2.66. The lowest BCUT2D eigenvalue weighted by atomic mass is 10.3. The van der Waals surface area contributed by atoms with Gasteiger partial charge in [0.1, 0.15) is 0 Å². The number of benzene rings is 2. The summed E-state index contributed by atoms with van der Waals surface area (Å²) in [6.45, 7) is 0. The average molecular weight is 449 g/mol. The number of nitrogens with one attached hydrogen (secondary N) is 1. The van der Waals surface area contributed by atoms with Crippen molar-refractivity contribution < 1.29 is 54.0 Å². The second kappa shape index (κ2) is 7.54. The molecule has 0 aromatic heterocycles. The summed E-state index contributed by atoms with van der Waals surface area (Å²) in [5, 5.41) is 0. The average Bonchev–Trinajstić information content (AvgIpc) is 2.56. The molecule has 0 bridgehead atoms. The molecule has 0 aliphatic carbocycles. The van der Waals surface area contributed by atoms with Crippen molar-refractivity contribution in [3.05, 3.63) is 47.3 Å². The van der Waals surface area contributed by atoms with Crippen LogP contribution in [0.4, 0.5) is 27.6 Å². The van der Waals surface area contributed by atoms with E-state index < -0.39 is 63.3 Å². The minimum absolute atomic E-state index is 0.262. The first kappa shape index (κ1) is 21.9. The third-order valence-corrected chi connectivity index (χ3v) is 4.91. The van der Waals surface area contributed by atoms with Gasteiger partial charge in [0.05, 0.1) is 12.8 Å². The molecule has 2 aromatic carbocycles. The highest BCUT2D eigenvalue weighted by Crippen LogP contribution is 2.43. The zero-order valence-corrected chi connectivity index (χ0v) is 15.1. The van der Waals surface area contributed by atoms with Crippen molar-refractivity contribution >= 4 is 23.5 Å². The summed E-state index contributed by atoms with van der Waals surface area (Å²) in [6, 6.07) is 2.53. The Morgan fingerprint density at radius 1 is 0.929 bits per heavy atom. The molecule has 3 N–H and O–H groups in total. The van der Waals surface area contributed by atoms with Gasteiger partial charge in [0.2, 0.25) is 5.82 Å². The van der Waals surface area contributed by atoms with Crippen LogP contribution in [0.15, 0.2) is 23.1 Å². The SMILES string of the molecule is COc1ccc(NS(=O)(=O)c2c(F)c(F)c(F)c(F)c2F)cc1OP(=O)(O)O. The van der Waals surface area contributed by atoms with Crippen molar-refractivity contribution in [2.24, 2.45) is 0 Å². The molecule has 154 valence electrons. The largest absolute Gasteiger partial charge is 0.524 e. The van der Waals surface area contributed by atoms with E-state index in [4.69, 9.17) is 14.5 Å². The molecule has 0 spiro atoms. The zero-order valence-electron chi connectivity index (χ0n) is 13.4. The van der Waals surface area contributed by atoms with E-state index in [1.165, 1.54) is 4.72 Å². The monoisotopic (exact) mass is 449 g/mol. The number of phosphoric ester groups is 1. The molecule has 0 saturated heterocycles. The van der Waals surface area contributed by atoms with Crippen molar-refractivity contribution in [3.63, 3.8) is 0 Å². The minimum Gasteiger partial charge on any atom is -0.493 e. The molecule has 2 aromatic rings. The molecule has 0 amide bonds. The number of anilines is 1. The second-order valence-corrected chi connectivity index (χ2v) is 7.74. The van der Waals surface area contributed by atoms with Gasteiger partial charge < -0.3 is 9.26 Å². The third kappa shape index (κ3) is 4.35. The van der Waals surface area contributed by atoms with Crippen LogP contribution < -0.4 is 14.0 Å². The summed E-state index contributed by atoms with van der Waals surface area (Å²) in [5.74, 6) is -13.6. The lowest BCUT2D eigenvalue weighted by Crippen LogP contribution is -2.19. The highest BCUT2D eigenvalue weighted by Gasteiger charge is 2.34.